The molecule has 1 aromatic heterocycles. The summed E-state index contributed by atoms with van der Waals surface area (Å²) in [6.45, 7) is 4.89. The maximum absolute atomic E-state index is 13.9. The van der Waals surface area contributed by atoms with Crippen molar-refractivity contribution in [1.82, 2.24) is 9.88 Å². The van der Waals surface area contributed by atoms with Gasteiger partial charge in [0.25, 0.3) is 0 Å². The first kappa shape index (κ1) is 23.1. The molecular formula is C26H33N3O4. The predicted octanol–water partition coefficient (Wildman–Crippen LogP) is 3.82. The van der Waals surface area contributed by atoms with Gasteiger partial charge in [-0.1, -0.05) is 31.4 Å². The third-order valence-corrected chi connectivity index (χ3v) is 6.91. The lowest BCUT2D eigenvalue weighted by atomic mass is 9.68. The Balaban J connectivity index is 1.44. The van der Waals surface area contributed by atoms with Crippen LogP contribution in [0.4, 0.5) is 5.82 Å². The molecule has 7 heteroatoms. The smallest absolute Gasteiger partial charge is 0.339 e. The van der Waals surface area contributed by atoms with E-state index in [0.29, 0.717) is 25.3 Å². The molecule has 2 fully saturated rings. The molecule has 1 aliphatic carbocycles. The second kappa shape index (κ2) is 10.2. The van der Waals surface area contributed by atoms with Crippen LogP contribution < -0.4 is 9.64 Å². The molecule has 7 nitrogen and oxygen atoms in total. The number of carbonyl (C=O) groups is 2. The molecule has 2 heterocycles. The number of aromatic nitrogens is 1. The fraction of sp³-hybridized carbons (Fsp3) is 0.500. The van der Waals surface area contributed by atoms with Gasteiger partial charge in [0.15, 0.2) is 0 Å². The molecule has 4 rings (SSSR count). The first-order valence-electron chi connectivity index (χ1n) is 11.9. The van der Waals surface area contributed by atoms with Crippen molar-refractivity contribution in [3.8, 4) is 5.75 Å². The Hall–Kier alpha value is -3.09. The van der Waals surface area contributed by atoms with Crippen LogP contribution in [0.15, 0.2) is 42.6 Å². The molecule has 0 radical (unpaired) electrons. The largest absolute Gasteiger partial charge is 0.497 e. The van der Waals surface area contributed by atoms with Crippen molar-refractivity contribution in [1.29, 1.82) is 0 Å². The molecule has 1 saturated heterocycles. The number of anilines is 1. The Kier molecular flexibility index (Phi) is 7.16. The number of methoxy groups -OCH3 is 1. The minimum absolute atomic E-state index is 0.248. The predicted molar refractivity (Wildman–Crippen MR) is 127 cm³/mol. The van der Waals surface area contributed by atoms with Crippen molar-refractivity contribution in [2.75, 3.05) is 44.8 Å². The van der Waals surface area contributed by atoms with E-state index in [1.165, 1.54) is 6.42 Å². The number of ether oxygens (including phenoxy) is 2. The number of pyridine rings is 1. The molecule has 0 bridgehead atoms. The number of nitrogens with zero attached hydrogens (tertiary/aromatic N) is 3. The van der Waals surface area contributed by atoms with Crippen molar-refractivity contribution in [3.05, 3.63) is 53.7 Å². The van der Waals surface area contributed by atoms with Gasteiger partial charge in [-0.15, -0.1) is 0 Å². The van der Waals surface area contributed by atoms with Crippen molar-refractivity contribution >= 4 is 17.7 Å². The summed E-state index contributed by atoms with van der Waals surface area (Å²) < 4.78 is 10.3. The number of carbonyl (C=O) groups excluding carboxylic acids is 2. The average molecular weight is 452 g/mol. The van der Waals surface area contributed by atoms with E-state index >= 15 is 0 Å². The number of rotatable bonds is 6. The van der Waals surface area contributed by atoms with E-state index < -0.39 is 5.41 Å². The molecule has 0 unspecified atom stereocenters. The number of piperazine rings is 1. The lowest BCUT2D eigenvalue weighted by Gasteiger charge is -2.43. The quantitative estimate of drug-likeness (QED) is 0.622. The van der Waals surface area contributed by atoms with E-state index in [2.05, 4.69) is 22.0 Å². The van der Waals surface area contributed by atoms with Gasteiger partial charge in [-0.05, 0) is 49.6 Å². The molecule has 0 atom stereocenters. The van der Waals surface area contributed by atoms with Crippen molar-refractivity contribution in [3.63, 3.8) is 0 Å². The first-order chi connectivity index (χ1) is 16.1. The molecule has 0 N–H and O–H groups in total. The van der Waals surface area contributed by atoms with Gasteiger partial charge in [0, 0.05) is 32.4 Å². The van der Waals surface area contributed by atoms with E-state index in [0.717, 1.165) is 55.9 Å². The van der Waals surface area contributed by atoms with Gasteiger partial charge < -0.3 is 19.3 Å². The van der Waals surface area contributed by atoms with Crippen LogP contribution in [-0.2, 0) is 14.9 Å². The van der Waals surface area contributed by atoms with Crippen molar-refractivity contribution in [2.24, 2.45) is 0 Å². The van der Waals surface area contributed by atoms with Crippen LogP contribution in [0.3, 0.4) is 0 Å². The Labute approximate surface area is 195 Å². The number of benzene rings is 1. The normalized spacial score (nSPS) is 18.0. The molecule has 176 valence electrons. The molecule has 33 heavy (non-hydrogen) atoms. The highest BCUT2D eigenvalue weighted by Crippen LogP contribution is 2.41. The van der Waals surface area contributed by atoms with E-state index in [1.54, 1.807) is 26.3 Å². The molecule has 2 aliphatic rings. The second-order valence-corrected chi connectivity index (χ2v) is 8.78. The van der Waals surface area contributed by atoms with Gasteiger partial charge in [0.05, 0.1) is 24.7 Å². The number of esters is 1. The number of hydrogen-bond donors (Lipinski definition) is 0. The Morgan fingerprint density at radius 1 is 0.970 bits per heavy atom. The molecule has 1 aliphatic heterocycles. The highest BCUT2D eigenvalue weighted by molar-refractivity contribution is 5.89. The Morgan fingerprint density at radius 3 is 2.24 bits per heavy atom. The summed E-state index contributed by atoms with van der Waals surface area (Å²) in [7, 11) is 1.66. The zero-order valence-electron chi connectivity index (χ0n) is 19.6. The SMILES string of the molecule is CCOC(=O)c1ccc(N2CCN(C(=O)C3(c4ccc(OC)cc4)CCCCC3)CC2)nc1. The maximum atomic E-state index is 13.9. The Morgan fingerprint density at radius 2 is 1.67 bits per heavy atom. The molecule has 1 saturated carbocycles. The first-order valence-corrected chi connectivity index (χ1v) is 11.9. The second-order valence-electron chi connectivity index (χ2n) is 8.78. The Bertz CT molecular complexity index is 945. The van der Waals surface area contributed by atoms with E-state index in [4.69, 9.17) is 9.47 Å². The lowest BCUT2D eigenvalue weighted by molar-refractivity contribution is -0.139. The summed E-state index contributed by atoms with van der Waals surface area (Å²) in [5.41, 5.74) is 1.12. The standard InChI is InChI=1S/C26H33N3O4/c1-3-33-24(30)20-7-12-23(27-19-20)28-15-17-29(18-16-28)25(31)26(13-5-4-6-14-26)21-8-10-22(32-2)11-9-21/h7-12,19H,3-6,13-18H2,1-2H3. The summed E-state index contributed by atoms with van der Waals surface area (Å²) >= 11 is 0. The zero-order chi connectivity index (χ0) is 23.3. The average Bonchev–Trinajstić information content (AvgIpc) is 2.89. The van der Waals surface area contributed by atoms with Crippen LogP contribution in [-0.4, -0.2) is 61.7 Å². The molecular weight excluding hydrogens is 418 g/mol. The van der Waals surface area contributed by atoms with Crippen LogP contribution in [0.2, 0.25) is 0 Å². The van der Waals surface area contributed by atoms with E-state index in [1.807, 2.05) is 23.1 Å². The van der Waals surface area contributed by atoms with Gasteiger partial charge in [-0.3, -0.25) is 4.79 Å². The van der Waals surface area contributed by atoms with Gasteiger partial charge in [0.2, 0.25) is 5.91 Å². The van der Waals surface area contributed by atoms with Crippen molar-refractivity contribution < 1.29 is 19.1 Å². The fourth-order valence-electron chi connectivity index (χ4n) is 5.04. The van der Waals surface area contributed by atoms with Crippen LogP contribution in [0.1, 0.15) is 54.9 Å². The summed E-state index contributed by atoms with van der Waals surface area (Å²) in [5, 5.41) is 0. The highest BCUT2D eigenvalue weighted by atomic mass is 16.5. The number of hydrogen-bond acceptors (Lipinski definition) is 6. The van der Waals surface area contributed by atoms with Gasteiger partial charge in [-0.25, -0.2) is 9.78 Å². The minimum atomic E-state index is -0.438. The van der Waals surface area contributed by atoms with E-state index in [-0.39, 0.29) is 11.9 Å². The topological polar surface area (TPSA) is 72.0 Å². The summed E-state index contributed by atoms with van der Waals surface area (Å²) in [4.78, 5) is 34.4. The summed E-state index contributed by atoms with van der Waals surface area (Å²) in [6, 6.07) is 11.6. The van der Waals surface area contributed by atoms with Crippen LogP contribution >= 0.6 is 0 Å². The molecule has 1 aromatic carbocycles. The maximum Gasteiger partial charge on any atom is 0.339 e. The fourth-order valence-corrected chi connectivity index (χ4v) is 5.04. The van der Waals surface area contributed by atoms with Gasteiger partial charge >= 0.3 is 5.97 Å². The molecule has 0 spiro atoms. The lowest BCUT2D eigenvalue weighted by Crippen LogP contribution is -2.55. The third-order valence-electron chi connectivity index (χ3n) is 6.91. The van der Waals surface area contributed by atoms with Crippen molar-refractivity contribution in [2.45, 2.75) is 44.4 Å². The molecule has 1 amide bonds. The zero-order valence-corrected chi connectivity index (χ0v) is 19.6. The summed E-state index contributed by atoms with van der Waals surface area (Å²) in [6.07, 6.45) is 6.70. The summed E-state index contributed by atoms with van der Waals surface area (Å²) in [5.74, 6) is 1.52. The monoisotopic (exact) mass is 451 g/mol. The number of amides is 1. The van der Waals surface area contributed by atoms with E-state index in [9.17, 15) is 9.59 Å². The van der Waals surface area contributed by atoms with Gasteiger partial charge in [-0.2, -0.15) is 0 Å². The van der Waals surface area contributed by atoms with Crippen LogP contribution in [0.5, 0.6) is 5.75 Å². The van der Waals surface area contributed by atoms with Gasteiger partial charge in [0.1, 0.15) is 11.6 Å². The molecule has 2 aromatic rings. The third kappa shape index (κ3) is 4.82. The van der Waals surface area contributed by atoms with Crippen LogP contribution in [0, 0.1) is 0 Å². The highest BCUT2D eigenvalue weighted by Gasteiger charge is 2.44. The van der Waals surface area contributed by atoms with Crippen LogP contribution in [0.25, 0.3) is 0 Å². The minimum Gasteiger partial charge on any atom is -0.497 e.